The molecule has 0 fully saturated rings. The Hall–Kier alpha value is -18.8. The molecule has 0 spiro atoms. The van der Waals surface area contributed by atoms with Gasteiger partial charge in [0.2, 0.25) is 0 Å². The first-order valence-electron chi connectivity index (χ1n) is 47.6. The standard InChI is InChI=1S/C48H32N2.C42H27N3.C41H26N4/c1-3-13-33(14-4-1)35-17-11-20-38(31-35)50-47-23-10-9-22-43(47)45-30-29-42-40-28-26-39(32-36(40)25-27-44(42)48(45)50)49(37-18-5-2-6-19-37)46-24-12-16-34-15-7-8-21-41(34)46;1-2-8-28(9-3-1)29-13-18-33(19-14-29)45-41-12-5-4-10-36(41)38-23-22-35-34-20-15-30(26-31(34)16-21-37(35)42(38)45)32-17-24-40(44-27-32)39-11-6-7-25-43-39;1-4-13-28(14-5-1)39-42-40(29-15-6-2-7-16-29)44-41(43-39)30-21-22-34-36-25-24-33-32-19-11-10-12-27(32)20-23-35(33)38(36)45(37(34)26-30)31-17-8-3-9-18-31/h1-32H;1-27H;1-26H. The van der Waals surface area contributed by atoms with Crippen molar-refractivity contribution in [2.45, 2.75) is 0 Å². The van der Waals surface area contributed by atoms with Crippen LogP contribution in [0.2, 0.25) is 0 Å². The van der Waals surface area contributed by atoms with Crippen LogP contribution in [-0.4, -0.2) is 38.6 Å². The van der Waals surface area contributed by atoms with Crippen molar-refractivity contribution >= 4 is 158 Å². The SMILES string of the molecule is c1ccc(-c2ccc(-n3c4ccccc4c4ccc5c6ccc(-c7ccc(-c8ccccn8)nc7)cc6ccc5c43)cc2)cc1.c1ccc(-c2cccc(-n3c4ccccc4c4ccc5c6ccc(N(c7ccccc7)c7cccc8ccccc78)cc6ccc5c43)c2)cc1.c1ccc(-c2nc(-c3ccccc3)nc(-c3ccc4c5ccc6c7ccccc7ccc6c5n(-c5ccccc5)c4c3)n2)cc1. The van der Waals surface area contributed by atoms with E-state index in [0.29, 0.717) is 17.5 Å². The van der Waals surface area contributed by atoms with Crippen LogP contribution in [0.15, 0.2) is 516 Å². The van der Waals surface area contributed by atoms with Gasteiger partial charge in [0, 0.05) is 117 Å². The molecule has 28 rings (SSSR count). The lowest BCUT2D eigenvalue weighted by Gasteiger charge is -2.27. The molecule has 0 radical (unpaired) electrons. The Kier molecular flexibility index (Phi) is 20.4. The number of hydrogen-bond donors (Lipinski definition) is 0. The second-order valence-electron chi connectivity index (χ2n) is 35.7. The molecule has 0 aliphatic heterocycles. The fourth-order valence-corrected chi connectivity index (χ4v) is 21.1. The van der Waals surface area contributed by atoms with Crippen molar-refractivity contribution in [3.63, 3.8) is 0 Å². The van der Waals surface area contributed by atoms with Crippen LogP contribution in [-0.2, 0) is 0 Å². The summed E-state index contributed by atoms with van der Waals surface area (Å²) in [6.45, 7) is 0. The highest BCUT2D eigenvalue weighted by atomic mass is 15.1. The first kappa shape index (κ1) is 81.9. The maximum absolute atomic E-state index is 5.02. The van der Waals surface area contributed by atoms with Crippen LogP contribution < -0.4 is 4.90 Å². The van der Waals surface area contributed by atoms with Crippen LogP contribution in [0, 0.1) is 0 Å². The third-order valence-electron chi connectivity index (χ3n) is 27.6. The Balaban J connectivity index is 0.000000108. The highest BCUT2D eigenvalue weighted by molar-refractivity contribution is 6.27. The largest absolute Gasteiger partial charge is 0.310 e. The predicted octanol–water partition coefficient (Wildman–Crippen LogP) is 34.5. The van der Waals surface area contributed by atoms with Crippen molar-refractivity contribution in [2.75, 3.05) is 4.90 Å². The van der Waals surface area contributed by atoms with Gasteiger partial charge in [0.05, 0.1) is 50.2 Å². The molecule has 9 nitrogen and oxygen atoms in total. The number of para-hydroxylation sites is 4. The highest BCUT2D eigenvalue weighted by Crippen LogP contribution is 2.47. The number of anilines is 3. The van der Waals surface area contributed by atoms with E-state index in [1.807, 2.05) is 91.1 Å². The summed E-state index contributed by atoms with van der Waals surface area (Å²) in [5, 5.41) is 24.8. The number of rotatable bonds is 13. The summed E-state index contributed by atoms with van der Waals surface area (Å²) >= 11 is 0. The van der Waals surface area contributed by atoms with E-state index in [-0.39, 0.29) is 0 Å². The van der Waals surface area contributed by atoms with Crippen molar-refractivity contribution in [3.05, 3.63) is 516 Å². The summed E-state index contributed by atoms with van der Waals surface area (Å²) < 4.78 is 7.27. The van der Waals surface area contributed by atoms with Gasteiger partial charge in [0.25, 0.3) is 0 Å². The van der Waals surface area contributed by atoms with Crippen LogP contribution in [0.1, 0.15) is 0 Å². The second-order valence-corrected chi connectivity index (χ2v) is 35.7. The Labute approximate surface area is 807 Å². The van der Waals surface area contributed by atoms with Gasteiger partial charge in [-0.3, -0.25) is 9.97 Å². The molecule has 6 heterocycles. The smallest absolute Gasteiger partial charge is 0.164 e. The molecular weight excluding hydrogens is 1700 g/mol. The zero-order chi connectivity index (χ0) is 92.5. The lowest BCUT2D eigenvalue weighted by molar-refractivity contribution is 1.07. The molecule has 140 heavy (non-hydrogen) atoms. The van der Waals surface area contributed by atoms with Crippen molar-refractivity contribution in [2.24, 2.45) is 0 Å². The van der Waals surface area contributed by atoms with E-state index in [9.17, 15) is 0 Å². The van der Waals surface area contributed by atoms with E-state index in [1.165, 1.54) is 163 Å². The van der Waals surface area contributed by atoms with Crippen LogP contribution >= 0.6 is 0 Å². The van der Waals surface area contributed by atoms with E-state index in [4.69, 9.17) is 19.9 Å². The molecule has 28 aromatic rings. The van der Waals surface area contributed by atoms with E-state index < -0.39 is 0 Å². The van der Waals surface area contributed by atoms with E-state index in [2.05, 4.69) is 442 Å². The minimum Gasteiger partial charge on any atom is -0.310 e. The molecule has 0 aliphatic carbocycles. The molecule has 0 saturated carbocycles. The monoisotopic (exact) mass is 1780 g/mol. The normalized spacial score (nSPS) is 11.6. The molecule has 0 aliphatic rings. The number of fused-ring (bicyclic) bond motifs is 22. The maximum atomic E-state index is 5.02. The molecule has 0 atom stereocenters. The number of nitrogens with zero attached hydrogens (tertiary/aromatic N) is 9. The molecular formula is C131H85N9. The fourth-order valence-electron chi connectivity index (χ4n) is 21.1. The minimum atomic E-state index is 0.644. The molecule has 0 unspecified atom stereocenters. The Morgan fingerprint density at radius 1 is 0.171 bits per heavy atom. The van der Waals surface area contributed by atoms with Gasteiger partial charge in [0.15, 0.2) is 17.5 Å². The van der Waals surface area contributed by atoms with Gasteiger partial charge in [-0.05, 0) is 191 Å². The van der Waals surface area contributed by atoms with Crippen LogP contribution in [0.25, 0.3) is 237 Å². The molecule has 654 valence electrons. The third-order valence-corrected chi connectivity index (χ3v) is 27.6. The van der Waals surface area contributed by atoms with E-state index in [1.54, 1.807) is 6.20 Å². The van der Waals surface area contributed by atoms with Gasteiger partial charge >= 0.3 is 0 Å². The number of aromatic nitrogens is 8. The Bertz CT molecular complexity index is 9590. The second kappa shape index (κ2) is 34.9. The quantitative estimate of drug-likeness (QED) is 0.107. The lowest BCUT2D eigenvalue weighted by atomic mass is 9.96. The molecule has 6 aromatic heterocycles. The zero-order valence-electron chi connectivity index (χ0n) is 76.1. The average molecular weight is 1790 g/mol. The van der Waals surface area contributed by atoms with Crippen molar-refractivity contribution in [3.8, 4) is 96.0 Å². The number of hydrogen-bond acceptors (Lipinski definition) is 6. The summed E-state index contributed by atoms with van der Waals surface area (Å²) in [4.78, 5) is 26.4. The van der Waals surface area contributed by atoms with Crippen LogP contribution in [0.5, 0.6) is 0 Å². The first-order valence-corrected chi connectivity index (χ1v) is 47.6. The van der Waals surface area contributed by atoms with E-state index in [0.717, 1.165) is 73.2 Å². The molecule has 9 heteroatoms. The van der Waals surface area contributed by atoms with Gasteiger partial charge in [-0.2, -0.15) is 0 Å². The molecule has 0 saturated heterocycles. The maximum Gasteiger partial charge on any atom is 0.164 e. The van der Waals surface area contributed by atoms with Gasteiger partial charge in [-0.1, -0.05) is 394 Å². The van der Waals surface area contributed by atoms with Gasteiger partial charge < -0.3 is 18.6 Å². The summed E-state index contributed by atoms with van der Waals surface area (Å²) in [6, 6.07) is 180. The van der Waals surface area contributed by atoms with Crippen LogP contribution in [0.3, 0.4) is 0 Å². The van der Waals surface area contributed by atoms with Gasteiger partial charge in [0.1, 0.15) is 0 Å². The van der Waals surface area contributed by atoms with Crippen LogP contribution in [0.4, 0.5) is 17.1 Å². The Morgan fingerprint density at radius 3 is 1.12 bits per heavy atom. The topological polar surface area (TPSA) is 82.5 Å². The summed E-state index contributed by atoms with van der Waals surface area (Å²) in [6.07, 6.45) is 3.74. The predicted molar refractivity (Wildman–Crippen MR) is 587 cm³/mol. The lowest BCUT2D eigenvalue weighted by Crippen LogP contribution is -2.10. The molecule has 22 aromatic carbocycles. The first-order chi connectivity index (χ1) is 69.4. The molecule has 0 bridgehead atoms. The minimum absolute atomic E-state index is 0.644. The summed E-state index contributed by atoms with van der Waals surface area (Å²) in [5.41, 5.74) is 25.8. The Morgan fingerprint density at radius 2 is 0.536 bits per heavy atom. The number of benzene rings is 22. The van der Waals surface area contributed by atoms with Crippen molar-refractivity contribution in [1.82, 2.24) is 38.6 Å². The zero-order valence-corrected chi connectivity index (χ0v) is 76.1. The van der Waals surface area contributed by atoms with Gasteiger partial charge in [-0.25, -0.2) is 15.0 Å². The molecule has 0 N–H and O–H groups in total. The summed E-state index contributed by atoms with van der Waals surface area (Å²) in [5.74, 6) is 1.95. The fraction of sp³-hybridized carbons (Fsp3) is 0. The average Bonchev–Trinajstić information content (AvgIpc) is 1.56. The molecule has 0 amide bonds. The number of pyridine rings is 2. The van der Waals surface area contributed by atoms with E-state index >= 15 is 0 Å². The van der Waals surface area contributed by atoms with Crippen molar-refractivity contribution < 1.29 is 0 Å². The third kappa shape index (κ3) is 14.6. The summed E-state index contributed by atoms with van der Waals surface area (Å²) in [7, 11) is 0. The van der Waals surface area contributed by atoms with Crippen molar-refractivity contribution in [1.29, 1.82) is 0 Å². The highest BCUT2D eigenvalue weighted by Gasteiger charge is 2.25. The van der Waals surface area contributed by atoms with Gasteiger partial charge in [-0.15, -0.1) is 0 Å².